The number of hydrogen-bond acceptors (Lipinski definition) is 6. The highest BCUT2D eigenvalue weighted by Crippen LogP contribution is 2.28. The minimum atomic E-state index is -3.94. The Hall–Kier alpha value is -3.92. The number of carbonyl (C=O) groups is 1. The monoisotopic (exact) mass is 494 g/mol. The summed E-state index contributed by atoms with van der Waals surface area (Å²) in [7, 11) is -3.94. The second kappa shape index (κ2) is 9.38. The summed E-state index contributed by atoms with van der Waals surface area (Å²) in [6, 6.07) is 19.0. The number of nitrogens with zero attached hydrogens (tertiary/aromatic N) is 2. The Morgan fingerprint density at radius 3 is 2.66 bits per heavy atom. The van der Waals surface area contributed by atoms with E-state index in [0.29, 0.717) is 18.1 Å². The maximum atomic E-state index is 13.4. The molecule has 8 nitrogen and oxygen atoms in total. The molecule has 1 atom stereocenters. The van der Waals surface area contributed by atoms with Crippen LogP contribution < -0.4 is 14.9 Å². The van der Waals surface area contributed by atoms with Gasteiger partial charge in [0.2, 0.25) is 0 Å². The summed E-state index contributed by atoms with van der Waals surface area (Å²) in [5.74, 6) is -0.911. The lowest BCUT2D eigenvalue weighted by molar-refractivity contribution is 0.0951. The second-order valence-electron chi connectivity index (χ2n) is 8.30. The SMILES string of the molecule is O=C(NCC1CCCN1c1nc2ccccc2o1)c1ccc(NS(=O)(=O)c2cccc(F)c2)cc1. The number of sulfonamides is 1. The van der Waals surface area contributed by atoms with Crippen LogP contribution in [0.15, 0.2) is 82.1 Å². The third kappa shape index (κ3) is 4.97. The molecule has 3 aromatic carbocycles. The molecule has 10 heteroatoms. The minimum absolute atomic E-state index is 0.0596. The lowest BCUT2D eigenvalue weighted by atomic mass is 10.2. The fourth-order valence-electron chi connectivity index (χ4n) is 4.13. The van der Waals surface area contributed by atoms with E-state index >= 15 is 0 Å². The molecule has 0 saturated carbocycles. The maximum absolute atomic E-state index is 13.4. The first-order chi connectivity index (χ1) is 16.9. The molecule has 0 bridgehead atoms. The molecule has 2 N–H and O–H groups in total. The van der Waals surface area contributed by atoms with Crippen LogP contribution >= 0.6 is 0 Å². The van der Waals surface area contributed by atoms with E-state index in [1.54, 1.807) is 0 Å². The molecule has 180 valence electrons. The number of benzene rings is 3. The lowest BCUT2D eigenvalue weighted by Crippen LogP contribution is -2.40. The van der Waals surface area contributed by atoms with Crippen LogP contribution in [0.25, 0.3) is 11.1 Å². The van der Waals surface area contributed by atoms with Crippen molar-refractivity contribution in [1.29, 1.82) is 0 Å². The van der Waals surface area contributed by atoms with Crippen molar-refractivity contribution in [2.45, 2.75) is 23.8 Å². The molecule has 0 aliphatic carbocycles. The van der Waals surface area contributed by atoms with E-state index in [1.807, 2.05) is 24.3 Å². The first kappa shape index (κ1) is 22.9. The predicted molar refractivity (Wildman–Crippen MR) is 130 cm³/mol. The van der Waals surface area contributed by atoms with Gasteiger partial charge in [-0.25, -0.2) is 12.8 Å². The Morgan fingerprint density at radius 2 is 1.89 bits per heavy atom. The Kier molecular flexibility index (Phi) is 6.12. The van der Waals surface area contributed by atoms with Crippen molar-refractivity contribution in [2.24, 2.45) is 0 Å². The molecule has 35 heavy (non-hydrogen) atoms. The molecule has 2 heterocycles. The van der Waals surface area contributed by atoms with Crippen LogP contribution in [-0.4, -0.2) is 38.4 Å². The molecule has 1 unspecified atom stereocenters. The number of hydrogen-bond donors (Lipinski definition) is 2. The summed E-state index contributed by atoms with van der Waals surface area (Å²) < 4.78 is 46.6. The van der Waals surface area contributed by atoms with Crippen molar-refractivity contribution in [2.75, 3.05) is 22.7 Å². The van der Waals surface area contributed by atoms with Crippen molar-refractivity contribution in [3.8, 4) is 0 Å². The molecular formula is C25H23FN4O4S. The van der Waals surface area contributed by atoms with Crippen LogP contribution in [0, 0.1) is 5.82 Å². The largest absolute Gasteiger partial charge is 0.423 e. The average molecular weight is 495 g/mol. The van der Waals surface area contributed by atoms with Crippen LogP contribution in [0.2, 0.25) is 0 Å². The second-order valence-corrected chi connectivity index (χ2v) is 9.99. The van der Waals surface area contributed by atoms with Gasteiger partial charge in [0.25, 0.3) is 21.9 Å². The molecule has 1 amide bonds. The summed E-state index contributed by atoms with van der Waals surface area (Å²) in [5.41, 5.74) is 2.18. The number of nitrogens with one attached hydrogen (secondary N) is 2. The van der Waals surface area contributed by atoms with Crippen LogP contribution in [0.4, 0.5) is 16.1 Å². The number of fused-ring (bicyclic) bond motifs is 1. The van der Waals surface area contributed by atoms with Crippen LogP contribution in [0.1, 0.15) is 23.2 Å². The molecule has 0 spiro atoms. The van der Waals surface area contributed by atoms with Gasteiger partial charge in [0, 0.05) is 24.3 Å². The maximum Gasteiger partial charge on any atom is 0.298 e. The summed E-state index contributed by atoms with van der Waals surface area (Å²) in [4.78, 5) is 19.2. The van der Waals surface area contributed by atoms with Crippen molar-refractivity contribution < 1.29 is 22.0 Å². The number of amides is 1. The first-order valence-corrected chi connectivity index (χ1v) is 12.7. The van der Waals surface area contributed by atoms with Gasteiger partial charge in [-0.05, 0) is 67.4 Å². The zero-order valence-electron chi connectivity index (χ0n) is 18.6. The van der Waals surface area contributed by atoms with E-state index < -0.39 is 15.8 Å². The van der Waals surface area contributed by atoms with E-state index in [4.69, 9.17) is 4.42 Å². The Bertz CT molecular complexity index is 1440. The van der Waals surface area contributed by atoms with Gasteiger partial charge in [-0.1, -0.05) is 18.2 Å². The number of oxazole rings is 1. The van der Waals surface area contributed by atoms with Gasteiger partial charge in [0.1, 0.15) is 11.3 Å². The fourth-order valence-corrected chi connectivity index (χ4v) is 5.22. The van der Waals surface area contributed by atoms with Gasteiger partial charge >= 0.3 is 0 Å². The van der Waals surface area contributed by atoms with Crippen LogP contribution in [-0.2, 0) is 10.0 Å². The standard InChI is InChI=1S/C25H23FN4O4S/c26-18-5-3-7-21(15-18)35(32,33)29-19-12-10-17(11-13-19)24(31)27-16-20-6-4-14-30(20)25-28-22-8-1-2-9-23(22)34-25/h1-3,5,7-13,15,20,29H,4,6,14,16H2,(H,27,31). The molecule has 5 rings (SSSR count). The van der Waals surface area contributed by atoms with Crippen molar-refractivity contribution in [1.82, 2.24) is 10.3 Å². The summed E-state index contributed by atoms with van der Waals surface area (Å²) in [6.07, 6.45) is 1.87. The summed E-state index contributed by atoms with van der Waals surface area (Å²) in [6.45, 7) is 1.22. The lowest BCUT2D eigenvalue weighted by Gasteiger charge is -2.23. The highest BCUT2D eigenvalue weighted by molar-refractivity contribution is 7.92. The predicted octanol–water partition coefficient (Wildman–Crippen LogP) is 4.17. The minimum Gasteiger partial charge on any atom is -0.423 e. The van der Waals surface area contributed by atoms with Crippen LogP contribution in [0.5, 0.6) is 0 Å². The number of halogens is 1. The van der Waals surface area contributed by atoms with Gasteiger partial charge in [-0.3, -0.25) is 9.52 Å². The van der Waals surface area contributed by atoms with E-state index in [0.717, 1.165) is 36.6 Å². The summed E-state index contributed by atoms with van der Waals surface area (Å²) in [5, 5.41) is 2.94. The molecule has 4 aromatic rings. The highest BCUT2D eigenvalue weighted by atomic mass is 32.2. The van der Waals surface area contributed by atoms with Gasteiger partial charge in [0.05, 0.1) is 10.9 Å². The molecule has 0 radical (unpaired) electrons. The Labute approximate surface area is 201 Å². The van der Waals surface area contributed by atoms with E-state index in [2.05, 4.69) is 19.9 Å². The third-order valence-corrected chi connectivity index (χ3v) is 7.29. The highest BCUT2D eigenvalue weighted by Gasteiger charge is 2.28. The molecule has 1 fully saturated rings. The molecular weight excluding hydrogens is 471 g/mol. The van der Waals surface area contributed by atoms with E-state index in [1.165, 1.54) is 42.5 Å². The van der Waals surface area contributed by atoms with Crippen molar-refractivity contribution >= 4 is 38.7 Å². The molecule has 1 aromatic heterocycles. The van der Waals surface area contributed by atoms with Gasteiger partial charge in [0.15, 0.2) is 5.58 Å². The van der Waals surface area contributed by atoms with Gasteiger partial charge in [-0.15, -0.1) is 0 Å². The number of carbonyl (C=O) groups excluding carboxylic acids is 1. The fraction of sp³-hybridized carbons (Fsp3) is 0.200. The Morgan fingerprint density at radius 1 is 1.09 bits per heavy atom. The molecule has 1 aliphatic heterocycles. The normalized spacial score (nSPS) is 15.9. The number of rotatable bonds is 7. The quantitative estimate of drug-likeness (QED) is 0.400. The zero-order valence-corrected chi connectivity index (χ0v) is 19.5. The molecule has 1 aliphatic rings. The van der Waals surface area contributed by atoms with Crippen molar-refractivity contribution in [3.63, 3.8) is 0 Å². The van der Waals surface area contributed by atoms with E-state index in [-0.39, 0.29) is 22.5 Å². The number of para-hydroxylation sites is 2. The average Bonchev–Trinajstić information content (AvgIpc) is 3.49. The van der Waals surface area contributed by atoms with Crippen molar-refractivity contribution in [3.05, 3.63) is 84.2 Å². The smallest absolute Gasteiger partial charge is 0.298 e. The van der Waals surface area contributed by atoms with Gasteiger partial charge < -0.3 is 14.6 Å². The molecule has 1 saturated heterocycles. The van der Waals surface area contributed by atoms with E-state index in [9.17, 15) is 17.6 Å². The van der Waals surface area contributed by atoms with Gasteiger partial charge in [-0.2, -0.15) is 4.98 Å². The Balaban J connectivity index is 1.21. The summed E-state index contributed by atoms with van der Waals surface area (Å²) >= 11 is 0. The number of anilines is 2. The first-order valence-electron chi connectivity index (χ1n) is 11.2. The topological polar surface area (TPSA) is 105 Å². The third-order valence-electron chi connectivity index (χ3n) is 5.91. The van der Waals surface area contributed by atoms with Crippen LogP contribution in [0.3, 0.4) is 0 Å². The number of aromatic nitrogens is 1. The zero-order chi connectivity index (χ0) is 24.4.